The van der Waals surface area contributed by atoms with Gasteiger partial charge in [0, 0.05) is 45.8 Å². The first kappa shape index (κ1) is 23.3. The molecule has 0 aliphatic carbocycles. The molecule has 0 bridgehead atoms. The Morgan fingerprint density at radius 1 is 1.16 bits per heavy atom. The van der Waals surface area contributed by atoms with E-state index in [0.29, 0.717) is 0 Å². The van der Waals surface area contributed by atoms with E-state index in [1.807, 2.05) is 43.0 Å². The minimum atomic E-state index is -0.692. The fourth-order valence-corrected chi connectivity index (χ4v) is 4.23. The van der Waals surface area contributed by atoms with E-state index in [-0.39, 0.29) is 18.5 Å². The summed E-state index contributed by atoms with van der Waals surface area (Å²) < 4.78 is 5.24. The summed E-state index contributed by atoms with van der Waals surface area (Å²) >= 11 is 0. The van der Waals surface area contributed by atoms with Crippen molar-refractivity contribution in [2.75, 3.05) is 59.5 Å². The van der Waals surface area contributed by atoms with Crippen LogP contribution in [0.4, 0.5) is 0 Å². The van der Waals surface area contributed by atoms with Crippen molar-refractivity contribution < 1.29 is 14.6 Å². The Morgan fingerprint density at radius 3 is 2.52 bits per heavy atom. The highest BCUT2D eigenvalue weighted by Gasteiger charge is 2.30. The monoisotopic (exact) mass is 431 g/mol. The van der Waals surface area contributed by atoms with Crippen molar-refractivity contribution in [3.8, 4) is 5.75 Å². The number of methoxy groups -OCH3 is 1. The van der Waals surface area contributed by atoms with Gasteiger partial charge in [0.25, 0.3) is 0 Å². The highest BCUT2D eigenvalue weighted by Crippen LogP contribution is 2.19. The summed E-state index contributed by atoms with van der Waals surface area (Å²) in [5, 5.41) is 13.9. The van der Waals surface area contributed by atoms with E-state index in [1.165, 1.54) is 0 Å². The van der Waals surface area contributed by atoms with Gasteiger partial charge in [0.2, 0.25) is 5.91 Å². The van der Waals surface area contributed by atoms with Gasteiger partial charge in [-0.2, -0.15) is 0 Å². The molecule has 0 radical (unpaired) electrons. The van der Waals surface area contributed by atoms with E-state index >= 15 is 0 Å². The number of aliphatic hydroxyl groups excluding tert-OH is 1. The van der Waals surface area contributed by atoms with Crippen LogP contribution in [-0.4, -0.2) is 97.2 Å². The van der Waals surface area contributed by atoms with Crippen molar-refractivity contribution in [3.63, 3.8) is 0 Å². The van der Waals surface area contributed by atoms with Crippen LogP contribution in [0.15, 0.2) is 29.3 Å². The number of likely N-dealkylation sites (tertiary alicyclic amines) is 1. The Hall–Kier alpha value is -2.32. The average molecular weight is 432 g/mol. The minimum absolute atomic E-state index is 0.0744. The second kappa shape index (κ2) is 11.3. The summed E-state index contributed by atoms with van der Waals surface area (Å²) in [4.78, 5) is 23.9. The molecule has 31 heavy (non-hydrogen) atoms. The van der Waals surface area contributed by atoms with Crippen LogP contribution in [0, 0.1) is 0 Å². The molecule has 8 heteroatoms. The summed E-state index contributed by atoms with van der Waals surface area (Å²) in [5.41, 5.74) is 0.790. The molecule has 2 fully saturated rings. The molecular weight excluding hydrogens is 394 g/mol. The van der Waals surface area contributed by atoms with Gasteiger partial charge in [0.1, 0.15) is 5.75 Å². The smallest absolute Gasteiger partial charge is 0.239 e. The van der Waals surface area contributed by atoms with Gasteiger partial charge in [-0.1, -0.05) is 12.1 Å². The van der Waals surface area contributed by atoms with Gasteiger partial charge in [0.05, 0.1) is 25.8 Å². The Morgan fingerprint density at radius 2 is 1.87 bits per heavy atom. The fourth-order valence-electron chi connectivity index (χ4n) is 4.23. The summed E-state index contributed by atoms with van der Waals surface area (Å²) in [6.45, 7) is 10.2. The van der Waals surface area contributed by atoms with E-state index in [0.717, 1.165) is 75.9 Å². The molecule has 2 aliphatic heterocycles. The second-order valence-electron chi connectivity index (χ2n) is 8.22. The first-order valence-electron chi connectivity index (χ1n) is 11.4. The number of benzene rings is 1. The lowest BCUT2D eigenvalue weighted by Gasteiger charge is -2.39. The van der Waals surface area contributed by atoms with Gasteiger partial charge in [-0.25, -0.2) is 0 Å². The summed E-state index contributed by atoms with van der Waals surface area (Å²) in [6.07, 6.45) is 1.55. The van der Waals surface area contributed by atoms with E-state index < -0.39 is 6.10 Å². The Balaban J connectivity index is 1.56. The number of piperazine rings is 1. The Bertz CT molecular complexity index is 742. The van der Waals surface area contributed by atoms with Crippen LogP contribution in [0.25, 0.3) is 0 Å². The summed E-state index contributed by atoms with van der Waals surface area (Å²) in [7, 11) is 1.62. The number of ether oxygens (including phenoxy) is 1. The third kappa shape index (κ3) is 6.11. The van der Waals surface area contributed by atoms with Gasteiger partial charge in [-0.05, 0) is 44.4 Å². The van der Waals surface area contributed by atoms with Crippen LogP contribution in [0.2, 0.25) is 0 Å². The van der Waals surface area contributed by atoms with E-state index in [1.54, 1.807) is 7.11 Å². The number of hydrogen-bond donors (Lipinski definition) is 2. The van der Waals surface area contributed by atoms with Gasteiger partial charge < -0.3 is 25.0 Å². The van der Waals surface area contributed by atoms with Crippen molar-refractivity contribution in [1.82, 2.24) is 20.0 Å². The normalized spacial score (nSPS) is 19.9. The lowest BCUT2D eigenvalue weighted by molar-refractivity contribution is -0.135. The Kier molecular flexibility index (Phi) is 8.54. The molecule has 2 atom stereocenters. The molecule has 1 aromatic rings. The Labute approximate surface area is 185 Å². The van der Waals surface area contributed by atoms with E-state index in [2.05, 4.69) is 20.1 Å². The zero-order valence-electron chi connectivity index (χ0n) is 19.1. The molecule has 172 valence electrons. The zero-order valence-corrected chi connectivity index (χ0v) is 19.1. The molecule has 1 amide bonds. The van der Waals surface area contributed by atoms with E-state index in [9.17, 15) is 9.90 Å². The predicted octanol–water partition coefficient (Wildman–Crippen LogP) is 1.32. The number of hydrogen-bond acceptors (Lipinski definition) is 5. The summed E-state index contributed by atoms with van der Waals surface area (Å²) in [5.74, 6) is 1.79. The number of nitrogens with one attached hydrogen (secondary N) is 1. The van der Waals surface area contributed by atoms with Crippen molar-refractivity contribution in [2.45, 2.75) is 38.8 Å². The lowest BCUT2D eigenvalue weighted by atomic mass is 10.1. The predicted molar refractivity (Wildman–Crippen MR) is 122 cm³/mol. The highest BCUT2D eigenvalue weighted by molar-refractivity contribution is 5.82. The van der Waals surface area contributed by atoms with E-state index in [4.69, 9.17) is 4.74 Å². The molecule has 2 N–H and O–H groups in total. The van der Waals surface area contributed by atoms with Gasteiger partial charge in [0.15, 0.2) is 5.96 Å². The first-order chi connectivity index (χ1) is 15.0. The largest absolute Gasteiger partial charge is 0.497 e. The number of nitrogens with zero attached hydrogens (tertiary/aromatic N) is 4. The quantitative estimate of drug-likeness (QED) is 0.501. The number of carbonyl (C=O) groups is 1. The maximum Gasteiger partial charge on any atom is 0.239 e. The number of aliphatic imine (C=N–C) groups is 1. The van der Waals surface area contributed by atoms with Crippen LogP contribution in [0.5, 0.6) is 5.75 Å². The number of carbonyl (C=O) groups excluding carboxylic acids is 1. The molecular formula is C23H37N5O3. The fraction of sp³-hybridized carbons (Fsp3) is 0.652. The molecule has 2 heterocycles. The maximum atomic E-state index is 12.7. The van der Waals surface area contributed by atoms with Crippen molar-refractivity contribution in [1.29, 1.82) is 0 Å². The SMILES string of the molecule is CCNC(=NCC(O)c1cccc(OC)c1)N1CCN(C(C)C(=O)N2CCCC2)CC1. The maximum absolute atomic E-state index is 12.7. The molecule has 0 saturated carbocycles. The minimum Gasteiger partial charge on any atom is -0.497 e. The third-order valence-electron chi connectivity index (χ3n) is 6.16. The van der Waals surface area contributed by atoms with Gasteiger partial charge >= 0.3 is 0 Å². The van der Waals surface area contributed by atoms with Crippen LogP contribution < -0.4 is 10.1 Å². The summed E-state index contributed by atoms with van der Waals surface area (Å²) in [6, 6.07) is 7.38. The van der Waals surface area contributed by atoms with Crippen molar-refractivity contribution >= 4 is 11.9 Å². The first-order valence-corrected chi connectivity index (χ1v) is 11.4. The molecule has 1 aromatic carbocycles. The number of aliphatic hydroxyl groups is 1. The number of guanidine groups is 1. The van der Waals surface area contributed by atoms with Crippen LogP contribution in [-0.2, 0) is 4.79 Å². The van der Waals surface area contributed by atoms with Crippen LogP contribution >= 0.6 is 0 Å². The number of amides is 1. The molecule has 2 unspecified atom stereocenters. The number of rotatable bonds is 7. The molecule has 8 nitrogen and oxygen atoms in total. The second-order valence-corrected chi connectivity index (χ2v) is 8.22. The topological polar surface area (TPSA) is 80.6 Å². The third-order valence-corrected chi connectivity index (χ3v) is 6.16. The molecule has 2 saturated heterocycles. The van der Waals surface area contributed by atoms with Crippen LogP contribution in [0.1, 0.15) is 38.4 Å². The average Bonchev–Trinajstić information content (AvgIpc) is 3.36. The van der Waals surface area contributed by atoms with Crippen molar-refractivity contribution in [2.24, 2.45) is 4.99 Å². The van der Waals surface area contributed by atoms with Gasteiger partial charge in [-0.15, -0.1) is 0 Å². The zero-order chi connectivity index (χ0) is 22.2. The van der Waals surface area contributed by atoms with Crippen LogP contribution in [0.3, 0.4) is 0 Å². The lowest BCUT2D eigenvalue weighted by Crippen LogP contribution is -2.57. The molecule has 2 aliphatic rings. The van der Waals surface area contributed by atoms with Crippen molar-refractivity contribution in [3.05, 3.63) is 29.8 Å². The highest BCUT2D eigenvalue weighted by atomic mass is 16.5. The van der Waals surface area contributed by atoms with Gasteiger partial charge in [-0.3, -0.25) is 14.7 Å². The molecule has 3 rings (SSSR count). The molecule has 0 spiro atoms. The molecule has 0 aromatic heterocycles. The standard InChI is InChI=1S/C23H37N5O3/c1-4-24-23(25-17-21(29)19-8-7-9-20(16-19)31-3)28-14-12-26(13-15-28)18(2)22(30)27-10-5-6-11-27/h7-9,16,18,21,29H,4-6,10-15,17H2,1-3H3,(H,24,25).